The zero-order chi connectivity index (χ0) is 12.1. The lowest BCUT2D eigenvalue weighted by Gasteiger charge is -2.07. The van der Waals surface area contributed by atoms with E-state index < -0.39 is 0 Å². The highest BCUT2D eigenvalue weighted by molar-refractivity contribution is 6.34. The van der Waals surface area contributed by atoms with Crippen molar-refractivity contribution in [1.82, 2.24) is 5.32 Å². The topological polar surface area (TPSA) is 67.2 Å². The van der Waals surface area contributed by atoms with Gasteiger partial charge in [0.25, 0.3) is 0 Å². The molecule has 0 saturated heterocycles. The molecule has 16 heavy (non-hydrogen) atoms. The normalized spacial score (nSPS) is 9.44. The molecule has 1 aromatic carbocycles. The lowest BCUT2D eigenvalue weighted by atomic mass is 10.3. The predicted octanol–water partition coefficient (Wildman–Crippen LogP) is 2.97. The van der Waals surface area contributed by atoms with Crippen LogP contribution < -0.4 is 16.4 Å². The van der Waals surface area contributed by atoms with Crippen molar-refractivity contribution in [2.45, 2.75) is 13.8 Å². The molecule has 86 valence electrons. The molecule has 0 fully saturated rings. The van der Waals surface area contributed by atoms with Crippen molar-refractivity contribution in [3.63, 3.8) is 0 Å². The maximum atomic E-state index is 11.4. The highest BCUT2D eigenvalue weighted by Crippen LogP contribution is 2.23. The Morgan fingerprint density at radius 3 is 2.69 bits per heavy atom. The maximum Gasteiger partial charge on any atom is 0.323 e. The zero-order valence-electron chi connectivity index (χ0n) is 9.17. The lowest BCUT2D eigenvalue weighted by molar-refractivity contribution is 0.255. The van der Waals surface area contributed by atoms with Crippen molar-refractivity contribution in [1.29, 1.82) is 0 Å². The van der Waals surface area contributed by atoms with Gasteiger partial charge in [0, 0.05) is 11.9 Å². The van der Waals surface area contributed by atoms with Gasteiger partial charge in [0.05, 0.1) is 10.7 Å². The second kappa shape index (κ2) is 5.42. The summed E-state index contributed by atoms with van der Waals surface area (Å²) in [4.78, 5) is 11.4. The van der Waals surface area contributed by atoms with Gasteiger partial charge in [-0.15, -0.1) is 0 Å². The fraction of sp³-hybridized carbons (Fsp3) is 0.182. The number of allylic oxidation sites excluding steroid dienone is 1. The minimum Gasteiger partial charge on any atom is -0.399 e. The van der Waals surface area contributed by atoms with Crippen LogP contribution >= 0.6 is 11.6 Å². The molecule has 5 heteroatoms. The average molecular weight is 240 g/mol. The molecule has 0 aliphatic heterocycles. The molecule has 4 nitrogen and oxygen atoms in total. The molecule has 0 aromatic heterocycles. The van der Waals surface area contributed by atoms with Crippen molar-refractivity contribution in [2.24, 2.45) is 0 Å². The number of hydrogen-bond acceptors (Lipinski definition) is 2. The molecule has 4 N–H and O–H groups in total. The van der Waals surface area contributed by atoms with E-state index in [0.717, 1.165) is 5.57 Å². The van der Waals surface area contributed by atoms with Crippen LogP contribution in [0.2, 0.25) is 5.02 Å². The Morgan fingerprint density at radius 1 is 1.44 bits per heavy atom. The standard InChI is InChI=1S/C11H14ClN3O/c1-7(2)6-14-11(16)15-10-4-3-8(13)5-9(10)12/h3-6H,13H2,1-2H3,(H2,14,15,16). The molecular weight excluding hydrogens is 226 g/mol. The van der Waals surface area contributed by atoms with Crippen LogP contribution in [0.3, 0.4) is 0 Å². The van der Waals surface area contributed by atoms with E-state index in [1.807, 2.05) is 13.8 Å². The van der Waals surface area contributed by atoms with Crippen LogP contribution in [0.1, 0.15) is 13.8 Å². The Labute approximate surface area is 99.5 Å². The van der Waals surface area contributed by atoms with E-state index in [4.69, 9.17) is 17.3 Å². The number of benzene rings is 1. The van der Waals surface area contributed by atoms with E-state index in [0.29, 0.717) is 16.4 Å². The molecule has 0 spiro atoms. The third kappa shape index (κ3) is 3.82. The van der Waals surface area contributed by atoms with Gasteiger partial charge in [-0.2, -0.15) is 0 Å². The van der Waals surface area contributed by atoms with Gasteiger partial charge >= 0.3 is 6.03 Å². The van der Waals surface area contributed by atoms with E-state index in [9.17, 15) is 4.79 Å². The number of nitrogen functional groups attached to an aromatic ring is 1. The SMILES string of the molecule is CC(C)=CNC(=O)Nc1ccc(N)cc1Cl. The summed E-state index contributed by atoms with van der Waals surface area (Å²) >= 11 is 5.90. The Hall–Kier alpha value is -1.68. The fourth-order valence-electron chi connectivity index (χ4n) is 1.00. The van der Waals surface area contributed by atoms with Gasteiger partial charge in [-0.05, 0) is 32.0 Å². The van der Waals surface area contributed by atoms with Crippen LogP contribution in [0.15, 0.2) is 30.0 Å². The summed E-state index contributed by atoms with van der Waals surface area (Å²) in [5, 5.41) is 5.59. The molecule has 2 amide bonds. The van der Waals surface area contributed by atoms with Gasteiger partial charge in [0.2, 0.25) is 0 Å². The van der Waals surface area contributed by atoms with Gasteiger partial charge < -0.3 is 16.4 Å². The molecule has 0 bridgehead atoms. The average Bonchev–Trinajstić information content (AvgIpc) is 2.19. The number of carbonyl (C=O) groups excluding carboxylic acids is 1. The van der Waals surface area contributed by atoms with Gasteiger partial charge in [-0.3, -0.25) is 0 Å². The van der Waals surface area contributed by atoms with Crippen molar-refractivity contribution >= 4 is 29.0 Å². The van der Waals surface area contributed by atoms with Crippen LogP contribution in [0.5, 0.6) is 0 Å². The minimum atomic E-state index is -0.340. The molecular formula is C11H14ClN3O. The summed E-state index contributed by atoms with van der Waals surface area (Å²) < 4.78 is 0. The molecule has 0 unspecified atom stereocenters. The first-order valence-electron chi connectivity index (χ1n) is 4.75. The third-order valence-electron chi connectivity index (χ3n) is 1.73. The van der Waals surface area contributed by atoms with Crippen LogP contribution in [-0.4, -0.2) is 6.03 Å². The van der Waals surface area contributed by atoms with E-state index in [2.05, 4.69) is 10.6 Å². The molecule has 1 aromatic rings. The summed E-state index contributed by atoms with van der Waals surface area (Å²) in [7, 11) is 0. The van der Waals surface area contributed by atoms with Crippen LogP contribution in [0, 0.1) is 0 Å². The number of nitrogens with two attached hydrogens (primary N) is 1. The summed E-state index contributed by atoms with van der Waals surface area (Å²) in [6.45, 7) is 3.77. The van der Waals surface area contributed by atoms with Crippen molar-refractivity contribution in [3.05, 3.63) is 35.0 Å². The first kappa shape index (κ1) is 12.4. The minimum absolute atomic E-state index is 0.340. The Balaban J connectivity index is 2.66. The van der Waals surface area contributed by atoms with Gasteiger partial charge in [-0.25, -0.2) is 4.79 Å². The van der Waals surface area contributed by atoms with Crippen LogP contribution in [-0.2, 0) is 0 Å². The molecule has 0 radical (unpaired) electrons. The fourth-order valence-corrected chi connectivity index (χ4v) is 1.24. The number of halogens is 1. The molecule has 0 aliphatic rings. The van der Waals surface area contributed by atoms with Gasteiger partial charge in [-0.1, -0.05) is 17.2 Å². The van der Waals surface area contributed by atoms with Crippen molar-refractivity contribution in [3.8, 4) is 0 Å². The number of anilines is 2. The van der Waals surface area contributed by atoms with Crippen molar-refractivity contribution < 1.29 is 4.79 Å². The third-order valence-corrected chi connectivity index (χ3v) is 2.05. The Kier molecular flexibility index (Phi) is 4.19. The summed E-state index contributed by atoms with van der Waals surface area (Å²) in [6, 6.07) is 4.56. The molecule has 0 aliphatic carbocycles. The second-order valence-electron chi connectivity index (χ2n) is 3.56. The zero-order valence-corrected chi connectivity index (χ0v) is 9.93. The molecule has 0 heterocycles. The number of rotatable bonds is 2. The summed E-state index contributed by atoms with van der Waals surface area (Å²) in [5.74, 6) is 0. The number of amides is 2. The Bertz CT molecular complexity index is 425. The second-order valence-corrected chi connectivity index (χ2v) is 3.97. The number of carbonyl (C=O) groups is 1. The first-order chi connectivity index (χ1) is 7.49. The summed E-state index contributed by atoms with van der Waals surface area (Å²) in [6.07, 6.45) is 1.61. The van der Waals surface area contributed by atoms with E-state index in [-0.39, 0.29) is 6.03 Å². The smallest absolute Gasteiger partial charge is 0.323 e. The highest BCUT2D eigenvalue weighted by Gasteiger charge is 2.04. The van der Waals surface area contributed by atoms with Crippen LogP contribution in [0.25, 0.3) is 0 Å². The number of urea groups is 1. The first-order valence-corrected chi connectivity index (χ1v) is 5.13. The highest BCUT2D eigenvalue weighted by atomic mass is 35.5. The monoisotopic (exact) mass is 239 g/mol. The Morgan fingerprint density at radius 2 is 2.12 bits per heavy atom. The predicted molar refractivity (Wildman–Crippen MR) is 67.4 cm³/mol. The largest absolute Gasteiger partial charge is 0.399 e. The van der Waals surface area contributed by atoms with Gasteiger partial charge in [0.1, 0.15) is 0 Å². The molecule has 0 saturated carbocycles. The van der Waals surface area contributed by atoms with E-state index >= 15 is 0 Å². The number of hydrogen-bond donors (Lipinski definition) is 3. The van der Waals surface area contributed by atoms with E-state index in [1.165, 1.54) is 0 Å². The maximum absolute atomic E-state index is 11.4. The number of nitrogens with one attached hydrogen (secondary N) is 2. The lowest BCUT2D eigenvalue weighted by Crippen LogP contribution is -2.24. The van der Waals surface area contributed by atoms with Gasteiger partial charge in [0.15, 0.2) is 0 Å². The molecule has 0 atom stereocenters. The molecule has 1 rings (SSSR count). The van der Waals surface area contributed by atoms with Crippen molar-refractivity contribution in [2.75, 3.05) is 11.1 Å². The summed E-state index contributed by atoms with van der Waals surface area (Å²) in [5.41, 5.74) is 7.61. The van der Waals surface area contributed by atoms with Crippen LogP contribution in [0.4, 0.5) is 16.2 Å². The quantitative estimate of drug-likeness (QED) is 0.695. The van der Waals surface area contributed by atoms with E-state index in [1.54, 1.807) is 24.4 Å².